The largest absolute Gasteiger partial charge is 0.354 e. The molecule has 0 radical (unpaired) electrons. The maximum Gasteiger partial charge on any atom is 0.203 e. The minimum Gasteiger partial charge on any atom is -0.354 e. The molecule has 0 atom stereocenters. The molecule has 1 aromatic heterocycles. The second kappa shape index (κ2) is 5.07. The van der Waals surface area contributed by atoms with E-state index in [1.165, 1.54) is 16.6 Å². The van der Waals surface area contributed by atoms with Gasteiger partial charge >= 0.3 is 0 Å². The maximum atomic E-state index is 5.57. The first kappa shape index (κ1) is 13.4. The number of aryl methyl sites for hydroxylation is 2. The Hall–Kier alpha value is -0.590. The molecule has 3 rings (SSSR count). The summed E-state index contributed by atoms with van der Waals surface area (Å²) in [7, 11) is 0. The van der Waals surface area contributed by atoms with E-state index in [2.05, 4.69) is 48.7 Å². The monoisotopic (exact) mass is 386 g/mol. The smallest absolute Gasteiger partial charge is 0.203 e. The van der Waals surface area contributed by atoms with E-state index in [0.717, 1.165) is 46.3 Å². The van der Waals surface area contributed by atoms with Gasteiger partial charge in [-0.15, -0.1) is 0 Å². The van der Waals surface area contributed by atoms with Crippen LogP contribution in [0.2, 0.25) is 0 Å². The van der Waals surface area contributed by atoms with Gasteiger partial charge in [-0.05, 0) is 62.8 Å². The predicted molar refractivity (Wildman–Crippen MR) is 85.7 cm³/mol. The number of benzene rings is 1. The number of hydrogen-bond acceptors (Lipinski definition) is 3. The molecular formula is C13H16Br2N4. The van der Waals surface area contributed by atoms with Crippen molar-refractivity contribution >= 4 is 48.8 Å². The Labute approximate surface area is 129 Å². The van der Waals surface area contributed by atoms with Crippen LogP contribution in [0.3, 0.4) is 0 Å². The van der Waals surface area contributed by atoms with Crippen LogP contribution in [0.15, 0.2) is 8.95 Å². The van der Waals surface area contributed by atoms with E-state index in [9.17, 15) is 0 Å². The first-order chi connectivity index (χ1) is 9.15. The molecule has 6 heteroatoms. The second-order valence-corrected chi connectivity index (χ2v) is 6.42. The highest BCUT2D eigenvalue weighted by atomic mass is 79.9. The third-order valence-electron chi connectivity index (χ3n) is 3.67. The van der Waals surface area contributed by atoms with E-state index in [-0.39, 0.29) is 0 Å². The highest BCUT2D eigenvalue weighted by molar-refractivity contribution is 9.13. The molecule has 19 heavy (non-hydrogen) atoms. The molecule has 0 bridgehead atoms. The number of nitrogens with two attached hydrogens (primary N) is 1. The van der Waals surface area contributed by atoms with Gasteiger partial charge in [-0.2, -0.15) is 0 Å². The average molecular weight is 388 g/mol. The van der Waals surface area contributed by atoms with Crippen molar-refractivity contribution in [3.8, 4) is 0 Å². The number of hydrogen-bond donors (Lipinski definition) is 2. The van der Waals surface area contributed by atoms with Crippen LogP contribution in [0, 0.1) is 6.92 Å². The quantitative estimate of drug-likeness (QED) is 0.850. The summed E-state index contributed by atoms with van der Waals surface area (Å²) >= 11 is 7.33. The minimum atomic E-state index is 0.611. The van der Waals surface area contributed by atoms with E-state index in [0.29, 0.717) is 6.54 Å². The van der Waals surface area contributed by atoms with Crippen LogP contribution < -0.4 is 11.1 Å². The fraction of sp³-hybridized carbons (Fsp3) is 0.462. The summed E-state index contributed by atoms with van der Waals surface area (Å²) in [5, 5.41) is 3.32. The third-order valence-corrected chi connectivity index (χ3v) is 5.97. The van der Waals surface area contributed by atoms with Crippen LogP contribution in [0.5, 0.6) is 0 Å². The fourth-order valence-electron chi connectivity index (χ4n) is 2.75. The van der Waals surface area contributed by atoms with Crippen molar-refractivity contribution in [2.75, 3.05) is 18.4 Å². The zero-order valence-corrected chi connectivity index (χ0v) is 13.9. The number of nitrogens with zero attached hydrogens (tertiary/aromatic N) is 2. The summed E-state index contributed by atoms with van der Waals surface area (Å²) in [6.45, 7) is 4.54. The van der Waals surface area contributed by atoms with E-state index in [1.54, 1.807) is 0 Å². The molecule has 1 aromatic carbocycles. The number of halogens is 2. The normalized spacial score (nSPS) is 14.1. The SMILES string of the molecule is Cc1c(Br)c(Br)c2nc(NCCN)n3c2c1CCC3. The van der Waals surface area contributed by atoms with Crippen molar-refractivity contribution in [1.82, 2.24) is 9.55 Å². The van der Waals surface area contributed by atoms with Crippen LogP contribution >= 0.6 is 31.9 Å². The van der Waals surface area contributed by atoms with Gasteiger partial charge in [0.25, 0.3) is 0 Å². The molecule has 3 N–H and O–H groups in total. The van der Waals surface area contributed by atoms with Crippen LogP contribution in [-0.4, -0.2) is 22.6 Å². The Bertz CT molecular complexity index is 648. The van der Waals surface area contributed by atoms with Gasteiger partial charge in [0.05, 0.1) is 9.99 Å². The van der Waals surface area contributed by atoms with Crippen molar-refractivity contribution in [2.45, 2.75) is 26.3 Å². The van der Waals surface area contributed by atoms with Crippen LogP contribution in [0.4, 0.5) is 5.95 Å². The zero-order valence-electron chi connectivity index (χ0n) is 10.8. The van der Waals surface area contributed by atoms with Gasteiger partial charge < -0.3 is 15.6 Å². The molecule has 0 aliphatic carbocycles. The Morgan fingerprint density at radius 3 is 2.89 bits per heavy atom. The summed E-state index contributed by atoms with van der Waals surface area (Å²) in [5.74, 6) is 0.930. The van der Waals surface area contributed by atoms with Gasteiger partial charge in [-0.25, -0.2) is 4.98 Å². The van der Waals surface area contributed by atoms with Crippen LogP contribution in [0.1, 0.15) is 17.5 Å². The lowest BCUT2D eigenvalue weighted by molar-refractivity contribution is 0.633. The molecule has 0 amide bonds. The maximum absolute atomic E-state index is 5.57. The zero-order chi connectivity index (χ0) is 13.6. The van der Waals surface area contributed by atoms with Crippen LogP contribution in [0.25, 0.3) is 11.0 Å². The summed E-state index contributed by atoms with van der Waals surface area (Å²) < 4.78 is 4.45. The molecule has 1 aliphatic heterocycles. The Morgan fingerprint density at radius 1 is 1.37 bits per heavy atom. The number of imidazole rings is 1. The van der Waals surface area contributed by atoms with Gasteiger partial charge in [-0.3, -0.25) is 0 Å². The summed E-state index contributed by atoms with van der Waals surface area (Å²) in [4.78, 5) is 4.74. The minimum absolute atomic E-state index is 0.611. The molecule has 1 aliphatic rings. The van der Waals surface area contributed by atoms with Crippen molar-refractivity contribution < 1.29 is 0 Å². The van der Waals surface area contributed by atoms with E-state index < -0.39 is 0 Å². The lowest BCUT2D eigenvalue weighted by atomic mass is 9.99. The van der Waals surface area contributed by atoms with Gasteiger partial charge in [0, 0.05) is 24.1 Å². The topological polar surface area (TPSA) is 55.9 Å². The molecule has 2 heterocycles. The molecule has 0 saturated carbocycles. The second-order valence-electron chi connectivity index (χ2n) is 4.83. The number of rotatable bonds is 3. The Balaban J connectivity index is 2.29. The first-order valence-corrected chi connectivity index (χ1v) is 8.04. The van der Waals surface area contributed by atoms with Gasteiger partial charge in [-0.1, -0.05) is 0 Å². The van der Waals surface area contributed by atoms with Crippen molar-refractivity contribution in [1.29, 1.82) is 0 Å². The molecule has 4 nitrogen and oxygen atoms in total. The fourth-order valence-corrected chi connectivity index (χ4v) is 3.75. The standard InChI is InChI=1S/C13H16Br2N4/c1-7-8-3-2-6-19-12(8)11(10(15)9(7)14)18-13(19)17-5-4-16/h2-6,16H2,1H3,(H,17,18). The van der Waals surface area contributed by atoms with E-state index >= 15 is 0 Å². The number of anilines is 1. The molecule has 0 spiro atoms. The number of nitrogens with one attached hydrogen (secondary N) is 1. The van der Waals surface area contributed by atoms with Gasteiger partial charge in [0.15, 0.2) is 0 Å². The van der Waals surface area contributed by atoms with Crippen molar-refractivity contribution in [3.05, 3.63) is 20.1 Å². The molecular weight excluding hydrogens is 372 g/mol. The third kappa shape index (κ3) is 2.00. The van der Waals surface area contributed by atoms with Crippen molar-refractivity contribution in [3.63, 3.8) is 0 Å². The summed E-state index contributed by atoms with van der Waals surface area (Å²) in [5.41, 5.74) is 10.6. The van der Waals surface area contributed by atoms with Crippen molar-refractivity contribution in [2.24, 2.45) is 5.73 Å². The lowest BCUT2D eigenvalue weighted by Crippen LogP contribution is -2.17. The van der Waals surface area contributed by atoms with Gasteiger partial charge in [0.2, 0.25) is 5.95 Å². The molecule has 102 valence electrons. The summed E-state index contributed by atoms with van der Waals surface area (Å²) in [6.07, 6.45) is 2.28. The van der Waals surface area contributed by atoms with Gasteiger partial charge in [0.1, 0.15) is 5.52 Å². The van der Waals surface area contributed by atoms with E-state index in [1.807, 2.05) is 0 Å². The lowest BCUT2D eigenvalue weighted by Gasteiger charge is -2.20. The Kier molecular flexibility index (Phi) is 3.57. The highest BCUT2D eigenvalue weighted by Gasteiger charge is 2.23. The summed E-state index contributed by atoms with van der Waals surface area (Å²) in [6, 6.07) is 0. The molecule has 0 unspecified atom stereocenters. The average Bonchev–Trinajstić information content (AvgIpc) is 2.80. The van der Waals surface area contributed by atoms with E-state index in [4.69, 9.17) is 10.7 Å². The molecule has 0 fully saturated rings. The van der Waals surface area contributed by atoms with Crippen LogP contribution in [-0.2, 0) is 13.0 Å². The molecule has 2 aromatic rings. The Morgan fingerprint density at radius 2 is 2.16 bits per heavy atom. The first-order valence-electron chi connectivity index (χ1n) is 6.45. The highest BCUT2D eigenvalue weighted by Crippen LogP contribution is 2.40. The number of aromatic nitrogens is 2. The predicted octanol–water partition coefficient (Wildman–Crippen LogP) is 3.19. The molecule has 0 saturated heterocycles.